The highest BCUT2D eigenvalue weighted by Gasteiger charge is 2.23. The van der Waals surface area contributed by atoms with Crippen molar-refractivity contribution in [1.29, 1.82) is 0 Å². The maximum atomic E-state index is 12.0. The molecule has 1 heterocycles. The van der Waals surface area contributed by atoms with E-state index in [2.05, 4.69) is 25.6 Å². The summed E-state index contributed by atoms with van der Waals surface area (Å²) < 4.78 is 15.7. The van der Waals surface area contributed by atoms with Gasteiger partial charge in [0, 0.05) is 12.7 Å². The summed E-state index contributed by atoms with van der Waals surface area (Å²) in [6.07, 6.45) is 2.67. The van der Waals surface area contributed by atoms with Crippen LogP contribution < -0.4 is 4.72 Å². The summed E-state index contributed by atoms with van der Waals surface area (Å²) in [5.74, 6) is 0. The van der Waals surface area contributed by atoms with Crippen LogP contribution >= 0.6 is 15.9 Å². The molecule has 0 aliphatic rings. The first-order chi connectivity index (χ1) is 7.86. The molecule has 1 unspecified atom stereocenters. The van der Waals surface area contributed by atoms with E-state index < -0.39 is 11.0 Å². The standard InChI is InChI=1S/C12H19BrN2OS/c1-5-12(3,4)17(16)15-8-10-6-9(2)11(13)14-7-10/h6-7,15H,5,8H2,1-4H3. The van der Waals surface area contributed by atoms with Crippen LogP contribution in [0.1, 0.15) is 38.3 Å². The summed E-state index contributed by atoms with van der Waals surface area (Å²) in [6, 6.07) is 2.04. The second-order valence-corrected chi connectivity index (χ2v) is 7.34. The Hall–Kier alpha value is -0.260. The SMILES string of the molecule is CCC(C)(C)S(=O)NCc1cnc(Br)c(C)c1. The van der Waals surface area contributed by atoms with Crippen molar-refractivity contribution in [2.75, 3.05) is 0 Å². The number of nitrogens with one attached hydrogen (secondary N) is 1. The normalized spacial score (nSPS) is 13.7. The van der Waals surface area contributed by atoms with E-state index in [0.29, 0.717) is 6.54 Å². The highest BCUT2D eigenvalue weighted by Crippen LogP contribution is 2.17. The second kappa shape index (κ2) is 6.07. The third-order valence-electron chi connectivity index (χ3n) is 2.83. The number of halogens is 1. The lowest BCUT2D eigenvalue weighted by Crippen LogP contribution is -2.35. The number of rotatable bonds is 5. The molecule has 0 fully saturated rings. The zero-order valence-electron chi connectivity index (χ0n) is 10.7. The van der Waals surface area contributed by atoms with Crippen LogP contribution in [0.4, 0.5) is 0 Å². The van der Waals surface area contributed by atoms with Gasteiger partial charge in [0.05, 0.1) is 15.7 Å². The van der Waals surface area contributed by atoms with E-state index in [0.717, 1.165) is 22.2 Å². The molecule has 3 nitrogen and oxygen atoms in total. The van der Waals surface area contributed by atoms with Gasteiger partial charge in [-0.25, -0.2) is 13.9 Å². The van der Waals surface area contributed by atoms with Crippen molar-refractivity contribution in [2.45, 2.75) is 45.4 Å². The number of hydrogen-bond acceptors (Lipinski definition) is 2. The maximum absolute atomic E-state index is 12.0. The van der Waals surface area contributed by atoms with Gasteiger partial charge in [0.2, 0.25) is 0 Å². The number of nitrogens with zero attached hydrogens (tertiary/aromatic N) is 1. The minimum absolute atomic E-state index is 0.197. The molecule has 0 aliphatic heterocycles. The summed E-state index contributed by atoms with van der Waals surface area (Å²) in [5, 5.41) is 0. The van der Waals surface area contributed by atoms with Crippen LogP contribution in [-0.4, -0.2) is 13.9 Å². The Morgan fingerprint density at radius 1 is 1.53 bits per heavy atom. The predicted molar refractivity (Wildman–Crippen MR) is 76.0 cm³/mol. The van der Waals surface area contributed by atoms with Gasteiger partial charge in [-0.15, -0.1) is 0 Å². The number of hydrogen-bond donors (Lipinski definition) is 1. The van der Waals surface area contributed by atoms with Crippen molar-refractivity contribution < 1.29 is 4.21 Å². The van der Waals surface area contributed by atoms with Crippen molar-refractivity contribution in [3.63, 3.8) is 0 Å². The molecular formula is C12H19BrN2OS. The van der Waals surface area contributed by atoms with Gasteiger partial charge in [-0.05, 0) is 54.2 Å². The summed E-state index contributed by atoms with van der Waals surface area (Å²) >= 11 is 3.36. The fourth-order valence-electron chi connectivity index (χ4n) is 1.19. The van der Waals surface area contributed by atoms with Crippen LogP contribution in [0.2, 0.25) is 0 Å². The molecule has 96 valence electrons. The average molecular weight is 319 g/mol. The van der Waals surface area contributed by atoms with Crippen LogP contribution in [0.3, 0.4) is 0 Å². The summed E-state index contributed by atoms with van der Waals surface area (Å²) in [5.41, 5.74) is 2.13. The lowest BCUT2D eigenvalue weighted by molar-refractivity contribution is 0.600. The van der Waals surface area contributed by atoms with E-state index in [-0.39, 0.29) is 4.75 Å². The van der Waals surface area contributed by atoms with E-state index in [9.17, 15) is 4.21 Å². The monoisotopic (exact) mass is 318 g/mol. The molecule has 0 saturated carbocycles. The Balaban J connectivity index is 2.62. The molecule has 1 aromatic heterocycles. The molecule has 0 aliphatic carbocycles. The zero-order valence-corrected chi connectivity index (χ0v) is 13.1. The Bertz CT molecular complexity index is 421. The largest absolute Gasteiger partial charge is 0.249 e. The molecule has 1 N–H and O–H groups in total. The van der Waals surface area contributed by atoms with E-state index in [4.69, 9.17) is 0 Å². The average Bonchev–Trinajstić information content (AvgIpc) is 2.30. The molecular weight excluding hydrogens is 300 g/mol. The van der Waals surface area contributed by atoms with Crippen LogP contribution in [-0.2, 0) is 17.5 Å². The Labute approximate surface area is 114 Å². The summed E-state index contributed by atoms with van der Waals surface area (Å²) in [7, 11) is -1.03. The first-order valence-corrected chi connectivity index (χ1v) is 7.57. The molecule has 0 radical (unpaired) electrons. The smallest absolute Gasteiger partial charge is 0.108 e. The molecule has 5 heteroatoms. The van der Waals surface area contributed by atoms with Crippen molar-refractivity contribution in [3.8, 4) is 0 Å². The molecule has 1 atom stereocenters. The van der Waals surface area contributed by atoms with Gasteiger partial charge in [-0.2, -0.15) is 0 Å². The van der Waals surface area contributed by atoms with Crippen molar-refractivity contribution in [1.82, 2.24) is 9.71 Å². The van der Waals surface area contributed by atoms with E-state index in [1.54, 1.807) is 6.20 Å². The van der Waals surface area contributed by atoms with Gasteiger partial charge in [0.25, 0.3) is 0 Å². The van der Waals surface area contributed by atoms with Gasteiger partial charge < -0.3 is 0 Å². The first kappa shape index (κ1) is 14.8. The van der Waals surface area contributed by atoms with Gasteiger partial charge in [0.1, 0.15) is 4.60 Å². The third kappa shape index (κ3) is 4.16. The number of aryl methyl sites for hydroxylation is 1. The molecule has 0 aromatic carbocycles. The van der Waals surface area contributed by atoms with E-state index >= 15 is 0 Å². The summed E-state index contributed by atoms with van der Waals surface area (Å²) in [4.78, 5) is 4.22. The molecule has 1 rings (SSSR count). The number of aromatic nitrogens is 1. The minimum atomic E-state index is -1.03. The maximum Gasteiger partial charge on any atom is 0.108 e. The van der Waals surface area contributed by atoms with Crippen LogP contribution in [0.5, 0.6) is 0 Å². The lowest BCUT2D eigenvalue weighted by Gasteiger charge is -2.21. The van der Waals surface area contributed by atoms with E-state index in [1.807, 2.05) is 33.8 Å². The Kier molecular flexibility index (Phi) is 5.28. The Morgan fingerprint density at radius 3 is 2.71 bits per heavy atom. The Morgan fingerprint density at radius 2 is 2.18 bits per heavy atom. The molecule has 17 heavy (non-hydrogen) atoms. The van der Waals surface area contributed by atoms with E-state index in [1.165, 1.54) is 0 Å². The topological polar surface area (TPSA) is 42.0 Å². The highest BCUT2D eigenvalue weighted by atomic mass is 79.9. The quantitative estimate of drug-likeness (QED) is 0.848. The number of pyridine rings is 1. The highest BCUT2D eigenvalue weighted by molar-refractivity contribution is 9.10. The molecule has 0 saturated heterocycles. The molecule has 0 amide bonds. The minimum Gasteiger partial charge on any atom is -0.249 e. The fraction of sp³-hybridized carbons (Fsp3) is 0.583. The van der Waals surface area contributed by atoms with Crippen molar-refractivity contribution in [2.24, 2.45) is 0 Å². The van der Waals surface area contributed by atoms with Gasteiger partial charge >= 0.3 is 0 Å². The summed E-state index contributed by atoms with van der Waals surface area (Å²) in [6.45, 7) is 8.62. The van der Waals surface area contributed by atoms with Crippen LogP contribution in [0, 0.1) is 6.92 Å². The van der Waals surface area contributed by atoms with Crippen LogP contribution in [0.25, 0.3) is 0 Å². The van der Waals surface area contributed by atoms with Crippen molar-refractivity contribution >= 4 is 26.9 Å². The lowest BCUT2D eigenvalue weighted by atomic mass is 10.1. The van der Waals surface area contributed by atoms with Crippen molar-refractivity contribution in [3.05, 3.63) is 28.0 Å². The zero-order chi connectivity index (χ0) is 13.1. The first-order valence-electron chi connectivity index (χ1n) is 5.63. The molecule has 0 spiro atoms. The second-order valence-electron chi connectivity index (χ2n) is 4.65. The van der Waals surface area contributed by atoms with Gasteiger partial charge in [-0.1, -0.05) is 13.0 Å². The fourth-order valence-corrected chi connectivity index (χ4v) is 2.36. The molecule has 0 bridgehead atoms. The van der Waals surface area contributed by atoms with Gasteiger partial charge in [0.15, 0.2) is 0 Å². The predicted octanol–water partition coefficient (Wildman–Crippen LogP) is 3.09. The molecule has 1 aromatic rings. The third-order valence-corrected chi connectivity index (χ3v) is 5.36. The van der Waals surface area contributed by atoms with Gasteiger partial charge in [-0.3, -0.25) is 0 Å². The van der Waals surface area contributed by atoms with Crippen LogP contribution in [0.15, 0.2) is 16.9 Å².